The van der Waals surface area contributed by atoms with Crippen LogP contribution in [0.3, 0.4) is 0 Å². The Kier molecular flexibility index (Phi) is 6.45. The Morgan fingerprint density at radius 3 is 2.35 bits per heavy atom. The summed E-state index contributed by atoms with van der Waals surface area (Å²) in [5, 5.41) is 0.481. The van der Waals surface area contributed by atoms with Gasteiger partial charge in [-0.2, -0.15) is 0 Å². The summed E-state index contributed by atoms with van der Waals surface area (Å²) in [6, 6.07) is 5.93. The van der Waals surface area contributed by atoms with Gasteiger partial charge in [-0.1, -0.05) is 18.5 Å². The fourth-order valence-electron chi connectivity index (χ4n) is 1.71. The first kappa shape index (κ1) is 16.9. The van der Waals surface area contributed by atoms with Crippen molar-refractivity contribution >= 4 is 27.5 Å². The van der Waals surface area contributed by atoms with Crippen molar-refractivity contribution in [3.8, 4) is 0 Å². The SMILES string of the molecule is CCCN(CCNS(=O)(=O)c1ccc(Cl)cc1)C(C)=O. The van der Waals surface area contributed by atoms with Gasteiger partial charge in [0.05, 0.1) is 4.90 Å². The molecule has 1 amide bonds. The molecular weight excluding hydrogens is 300 g/mol. The highest BCUT2D eigenvalue weighted by Gasteiger charge is 2.14. The third-order valence-electron chi connectivity index (χ3n) is 2.74. The van der Waals surface area contributed by atoms with E-state index in [-0.39, 0.29) is 17.3 Å². The largest absolute Gasteiger partial charge is 0.342 e. The minimum Gasteiger partial charge on any atom is -0.342 e. The van der Waals surface area contributed by atoms with E-state index in [2.05, 4.69) is 4.72 Å². The predicted octanol–water partition coefficient (Wildman–Crippen LogP) is 1.88. The maximum atomic E-state index is 12.0. The van der Waals surface area contributed by atoms with Crippen molar-refractivity contribution in [1.82, 2.24) is 9.62 Å². The highest BCUT2D eigenvalue weighted by Crippen LogP contribution is 2.13. The van der Waals surface area contributed by atoms with E-state index in [4.69, 9.17) is 11.6 Å². The van der Waals surface area contributed by atoms with E-state index in [0.29, 0.717) is 18.1 Å². The second kappa shape index (κ2) is 7.61. The van der Waals surface area contributed by atoms with Gasteiger partial charge in [-0.15, -0.1) is 0 Å². The molecule has 0 fully saturated rings. The fourth-order valence-corrected chi connectivity index (χ4v) is 2.86. The lowest BCUT2D eigenvalue weighted by Crippen LogP contribution is -2.37. The minimum absolute atomic E-state index is 0.0578. The first-order valence-electron chi connectivity index (χ1n) is 6.37. The molecule has 0 aromatic heterocycles. The van der Waals surface area contributed by atoms with Gasteiger partial charge in [0.1, 0.15) is 0 Å². The Hall–Kier alpha value is -1.11. The summed E-state index contributed by atoms with van der Waals surface area (Å²) in [4.78, 5) is 13.1. The van der Waals surface area contributed by atoms with E-state index in [0.717, 1.165) is 6.42 Å². The molecule has 0 saturated heterocycles. The van der Waals surface area contributed by atoms with E-state index >= 15 is 0 Å². The van der Waals surface area contributed by atoms with E-state index in [1.165, 1.54) is 31.2 Å². The fraction of sp³-hybridized carbons (Fsp3) is 0.462. The normalized spacial score (nSPS) is 11.3. The molecule has 0 unspecified atom stereocenters. The van der Waals surface area contributed by atoms with Gasteiger partial charge >= 0.3 is 0 Å². The summed E-state index contributed by atoms with van der Waals surface area (Å²) in [5.74, 6) is -0.0578. The Bertz CT molecular complexity index is 543. The zero-order chi connectivity index (χ0) is 15.2. The van der Waals surface area contributed by atoms with E-state index in [9.17, 15) is 13.2 Å². The molecule has 1 aromatic carbocycles. The molecule has 7 heteroatoms. The van der Waals surface area contributed by atoms with Crippen LogP contribution >= 0.6 is 11.6 Å². The number of hydrogen-bond acceptors (Lipinski definition) is 3. The van der Waals surface area contributed by atoms with Crippen LogP contribution in [-0.4, -0.2) is 38.9 Å². The van der Waals surface area contributed by atoms with E-state index in [1.807, 2.05) is 6.92 Å². The maximum absolute atomic E-state index is 12.0. The van der Waals surface area contributed by atoms with Crippen molar-refractivity contribution in [3.63, 3.8) is 0 Å². The number of carbonyl (C=O) groups excluding carboxylic acids is 1. The highest BCUT2D eigenvalue weighted by molar-refractivity contribution is 7.89. The molecule has 0 spiro atoms. The lowest BCUT2D eigenvalue weighted by Gasteiger charge is -2.20. The van der Waals surface area contributed by atoms with Crippen molar-refractivity contribution in [3.05, 3.63) is 29.3 Å². The molecule has 0 bridgehead atoms. The van der Waals surface area contributed by atoms with Gasteiger partial charge < -0.3 is 4.90 Å². The van der Waals surface area contributed by atoms with Gasteiger partial charge in [0.25, 0.3) is 0 Å². The molecule has 0 aliphatic carbocycles. The van der Waals surface area contributed by atoms with Crippen LogP contribution in [0.2, 0.25) is 5.02 Å². The summed E-state index contributed by atoms with van der Waals surface area (Å²) in [6.07, 6.45) is 0.837. The van der Waals surface area contributed by atoms with Crippen molar-refractivity contribution in [2.75, 3.05) is 19.6 Å². The molecule has 0 aliphatic rings. The number of nitrogens with zero attached hydrogens (tertiary/aromatic N) is 1. The van der Waals surface area contributed by atoms with Crippen LogP contribution in [0, 0.1) is 0 Å². The summed E-state index contributed by atoms with van der Waals surface area (Å²) in [7, 11) is -3.56. The van der Waals surface area contributed by atoms with Crippen LogP contribution < -0.4 is 4.72 Å². The molecule has 1 N–H and O–H groups in total. The molecule has 5 nitrogen and oxygen atoms in total. The zero-order valence-electron chi connectivity index (χ0n) is 11.6. The van der Waals surface area contributed by atoms with Gasteiger partial charge in [-0.3, -0.25) is 4.79 Å². The van der Waals surface area contributed by atoms with Crippen molar-refractivity contribution in [2.45, 2.75) is 25.2 Å². The second-order valence-corrected chi connectivity index (χ2v) is 6.56. The average Bonchev–Trinajstić information content (AvgIpc) is 2.38. The number of nitrogens with one attached hydrogen (secondary N) is 1. The van der Waals surface area contributed by atoms with Gasteiger partial charge in [0.2, 0.25) is 15.9 Å². The summed E-state index contributed by atoms with van der Waals surface area (Å²) >= 11 is 5.72. The van der Waals surface area contributed by atoms with Crippen LogP contribution in [0.15, 0.2) is 29.2 Å². The number of sulfonamides is 1. The lowest BCUT2D eigenvalue weighted by atomic mass is 10.4. The highest BCUT2D eigenvalue weighted by atomic mass is 35.5. The summed E-state index contributed by atoms with van der Waals surface area (Å²) in [5.41, 5.74) is 0. The molecule has 0 radical (unpaired) electrons. The number of hydrogen-bond donors (Lipinski definition) is 1. The summed E-state index contributed by atoms with van der Waals surface area (Å²) < 4.78 is 26.5. The molecular formula is C13H19ClN2O3S. The molecule has 112 valence electrons. The number of carbonyl (C=O) groups is 1. The number of benzene rings is 1. The molecule has 0 heterocycles. The second-order valence-electron chi connectivity index (χ2n) is 4.36. The first-order chi connectivity index (χ1) is 9.36. The van der Waals surface area contributed by atoms with Crippen molar-refractivity contribution in [2.24, 2.45) is 0 Å². The molecule has 1 rings (SSSR count). The zero-order valence-corrected chi connectivity index (χ0v) is 13.2. The average molecular weight is 319 g/mol. The molecule has 1 aromatic rings. The molecule has 0 atom stereocenters. The smallest absolute Gasteiger partial charge is 0.240 e. The first-order valence-corrected chi connectivity index (χ1v) is 8.23. The van der Waals surface area contributed by atoms with Gasteiger partial charge in [0, 0.05) is 31.6 Å². The molecule has 20 heavy (non-hydrogen) atoms. The summed E-state index contributed by atoms with van der Waals surface area (Å²) in [6.45, 7) is 4.61. The quantitative estimate of drug-likeness (QED) is 0.834. The predicted molar refractivity (Wildman–Crippen MR) is 79.2 cm³/mol. The topological polar surface area (TPSA) is 66.5 Å². The van der Waals surface area contributed by atoms with E-state index in [1.54, 1.807) is 4.90 Å². The van der Waals surface area contributed by atoms with E-state index < -0.39 is 10.0 Å². The van der Waals surface area contributed by atoms with Crippen molar-refractivity contribution < 1.29 is 13.2 Å². The van der Waals surface area contributed by atoms with Crippen molar-refractivity contribution in [1.29, 1.82) is 0 Å². The van der Waals surface area contributed by atoms with Crippen LogP contribution in [0.5, 0.6) is 0 Å². The number of rotatable bonds is 7. The van der Waals surface area contributed by atoms with Gasteiger partial charge in [-0.05, 0) is 30.7 Å². The Labute approximate surface area is 125 Å². The number of amides is 1. The molecule has 0 saturated carbocycles. The van der Waals surface area contributed by atoms with Crippen LogP contribution in [0.4, 0.5) is 0 Å². The van der Waals surface area contributed by atoms with Gasteiger partial charge in [0.15, 0.2) is 0 Å². The van der Waals surface area contributed by atoms with Crippen LogP contribution in [0.1, 0.15) is 20.3 Å². The van der Waals surface area contributed by atoms with Gasteiger partial charge in [-0.25, -0.2) is 13.1 Å². The third kappa shape index (κ3) is 5.11. The molecule has 0 aliphatic heterocycles. The van der Waals surface area contributed by atoms with Crippen LogP contribution in [-0.2, 0) is 14.8 Å². The standard InChI is InChI=1S/C13H19ClN2O3S/c1-3-9-16(11(2)17)10-8-15-20(18,19)13-6-4-12(14)5-7-13/h4-7,15H,3,8-10H2,1-2H3. The lowest BCUT2D eigenvalue weighted by molar-refractivity contribution is -0.128. The Balaban J connectivity index is 2.59. The third-order valence-corrected chi connectivity index (χ3v) is 4.47. The van der Waals surface area contributed by atoms with Crippen LogP contribution in [0.25, 0.3) is 0 Å². The Morgan fingerprint density at radius 2 is 1.85 bits per heavy atom. The number of halogens is 1. The Morgan fingerprint density at radius 1 is 1.25 bits per heavy atom. The maximum Gasteiger partial charge on any atom is 0.240 e. The monoisotopic (exact) mass is 318 g/mol. The minimum atomic E-state index is -3.56.